The lowest BCUT2D eigenvalue weighted by molar-refractivity contribution is 0.294. The molecule has 1 fully saturated rings. The van der Waals surface area contributed by atoms with Crippen molar-refractivity contribution in [3.8, 4) is 0 Å². The maximum atomic E-state index is 12.4. The molecular formula is C14H21BrN2O2S. The molecule has 1 saturated carbocycles. The van der Waals surface area contributed by atoms with Gasteiger partial charge in [0.25, 0.3) is 0 Å². The van der Waals surface area contributed by atoms with Crippen LogP contribution in [0.4, 0.5) is 0 Å². The summed E-state index contributed by atoms with van der Waals surface area (Å²) >= 11 is 3.30. The zero-order valence-corrected chi connectivity index (χ0v) is 13.8. The number of rotatable bonds is 5. The van der Waals surface area contributed by atoms with E-state index in [0.29, 0.717) is 12.5 Å². The van der Waals surface area contributed by atoms with E-state index >= 15 is 0 Å². The molecule has 1 aromatic rings. The average molecular weight is 361 g/mol. The molecule has 0 heterocycles. The second-order valence-corrected chi connectivity index (χ2v) is 7.95. The minimum atomic E-state index is -3.50. The molecule has 1 unspecified atom stereocenters. The van der Waals surface area contributed by atoms with Crippen LogP contribution >= 0.6 is 15.9 Å². The Morgan fingerprint density at radius 2 is 2.00 bits per heavy atom. The second kappa shape index (κ2) is 7.02. The summed E-state index contributed by atoms with van der Waals surface area (Å²) in [6.45, 7) is 0.345. The van der Waals surface area contributed by atoms with Crippen molar-refractivity contribution >= 4 is 26.0 Å². The Balaban J connectivity index is 2.13. The van der Waals surface area contributed by atoms with Gasteiger partial charge in [0.1, 0.15) is 0 Å². The first-order chi connectivity index (χ1) is 9.53. The van der Waals surface area contributed by atoms with Gasteiger partial charge in [0.15, 0.2) is 0 Å². The standard InChI is InChI=1S/C14H21BrN2O2S/c15-12-7-4-8-13(9-12)20(18,19)17-14(10-16)11-5-2-1-3-6-11/h4,7-9,11,14,17H,1-3,5-6,10,16H2. The first-order valence-electron chi connectivity index (χ1n) is 7.01. The lowest BCUT2D eigenvalue weighted by Crippen LogP contribution is -2.45. The zero-order valence-electron chi connectivity index (χ0n) is 11.4. The zero-order chi connectivity index (χ0) is 14.6. The van der Waals surface area contributed by atoms with Gasteiger partial charge >= 0.3 is 0 Å². The molecule has 1 aromatic carbocycles. The Morgan fingerprint density at radius 3 is 2.60 bits per heavy atom. The molecule has 0 spiro atoms. The van der Waals surface area contributed by atoms with E-state index in [1.54, 1.807) is 24.3 Å². The van der Waals surface area contributed by atoms with Crippen molar-refractivity contribution in [3.05, 3.63) is 28.7 Å². The Hall–Kier alpha value is -0.430. The fourth-order valence-electron chi connectivity index (χ4n) is 2.77. The number of benzene rings is 1. The van der Waals surface area contributed by atoms with Crippen LogP contribution in [-0.4, -0.2) is 21.0 Å². The molecule has 20 heavy (non-hydrogen) atoms. The highest BCUT2D eigenvalue weighted by molar-refractivity contribution is 9.10. The first kappa shape index (κ1) is 15.9. The van der Waals surface area contributed by atoms with Gasteiger partial charge in [0, 0.05) is 17.1 Å². The van der Waals surface area contributed by atoms with E-state index in [0.717, 1.165) is 17.3 Å². The van der Waals surface area contributed by atoms with Gasteiger partial charge in [0.05, 0.1) is 4.90 Å². The molecule has 6 heteroatoms. The molecule has 0 aromatic heterocycles. The monoisotopic (exact) mass is 360 g/mol. The minimum Gasteiger partial charge on any atom is -0.329 e. The molecule has 0 saturated heterocycles. The van der Waals surface area contributed by atoms with E-state index in [4.69, 9.17) is 5.73 Å². The number of hydrogen-bond acceptors (Lipinski definition) is 3. The van der Waals surface area contributed by atoms with Gasteiger partial charge in [0.2, 0.25) is 10.0 Å². The molecule has 0 amide bonds. The minimum absolute atomic E-state index is 0.167. The van der Waals surface area contributed by atoms with Crippen LogP contribution in [0.15, 0.2) is 33.6 Å². The van der Waals surface area contributed by atoms with E-state index in [-0.39, 0.29) is 10.9 Å². The smallest absolute Gasteiger partial charge is 0.240 e. The fourth-order valence-corrected chi connectivity index (χ4v) is 4.69. The highest BCUT2D eigenvalue weighted by Crippen LogP contribution is 2.27. The third-order valence-electron chi connectivity index (χ3n) is 3.89. The van der Waals surface area contributed by atoms with Crippen LogP contribution in [0.1, 0.15) is 32.1 Å². The predicted octanol–water partition coefficient (Wildman–Crippen LogP) is 2.64. The molecule has 0 bridgehead atoms. The summed E-state index contributed by atoms with van der Waals surface area (Å²) in [6, 6.07) is 6.56. The summed E-state index contributed by atoms with van der Waals surface area (Å²) in [6.07, 6.45) is 5.69. The van der Waals surface area contributed by atoms with Crippen molar-refractivity contribution in [2.45, 2.75) is 43.0 Å². The number of hydrogen-bond donors (Lipinski definition) is 2. The van der Waals surface area contributed by atoms with Crippen LogP contribution in [0.2, 0.25) is 0 Å². The van der Waals surface area contributed by atoms with Gasteiger partial charge in [-0.05, 0) is 37.0 Å². The second-order valence-electron chi connectivity index (χ2n) is 5.32. The predicted molar refractivity (Wildman–Crippen MR) is 83.9 cm³/mol. The number of nitrogens with two attached hydrogens (primary N) is 1. The number of nitrogens with one attached hydrogen (secondary N) is 1. The lowest BCUT2D eigenvalue weighted by atomic mass is 9.84. The van der Waals surface area contributed by atoms with E-state index in [2.05, 4.69) is 20.7 Å². The topological polar surface area (TPSA) is 72.2 Å². The van der Waals surface area contributed by atoms with Crippen molar-refractivity contribution in [1.29, 1.82) is 0 Å². The van der Waals surface area contributed by atoms with E-state index in [9.17, 15) is 8.42 Å². The fraction of sp³-hybridized carbons (Fsp3) is 0.571. The third-order valence-corrected chi connectivity index (χ3v) is 5.87. The highest BCUT2D eigenvalue weighted by Gasteiger charge is 2.27. The van der Waals surface area contributed by atoms with E-state index in [1.807, 2.05) is 0 Å². The van der Waals surface area contributed by atoms with Gasteiger partial charge in [-0.15, -0.1) is 0 Å². The molecule has 1 aliphatic rings. The maximum absolute atomic E-state index is 12.4. The number of halogens is 1. The highest BCUT2D eigenvalue weighted by atomic mass is 79.9. The van der Waals surface area contributed by atoms with Crippen LogP contribution in [0.25, 0.3) is 0 Å². The van der Waals surface area contributed by atoms with Crippen LogP contribution in [-0.2, 0) is 10.0 Å². The van der Waals surface area contributed by atoms with Gasteiger partial charge in [-0.3, -0.25) is 0 Å². The first-order valence-corrected chi connectivity index (χ1v) is 9.28. The van der Waals surface area contributed by atoms with Crippen LogP contribution in [0, 0.1) is 5.92 Å². The normalized spacial score (nSPS) is 18.9. The molecular weight excluding hydrogens is 340 g/mol. The number of sulfonamides is 1. The molecule has 0 aliphatic heterocycles. The lowest BCUT2D eigenvalue weighted by Gasteiger charge is -2.29. The largest absolute Gasteiger partial charge is 0.329 e. The summed E-state index contributed by atoms with van der Waals surface area (Å²) in [5.74, 6) is 0.357. The summed E-state index contributed by atoms with van der Waals surface area (Å²) in [5.41, 5.74) is 5.78. The van der Waals surface area contributed by atoms with Gasteiger partial charge in [-0.25, -0.2) is 13.1 Å². The van der Waals surface area contributed by atoms with Crippen LogP contribution < -0.4 is 10.5 Å². The third kappa shape index (κ3) is 4.04. The molecule has 112 valence electrons. The quantitative estimate of drug-likeness (QED) is 0.847. The SMILES string of the molecule is NCC(NS(=O)(=O)c1cccc(Br)c1)C1CCCCC1. The summed E-state index contributed by atoms with van der Waals surface area (Å²) in [4.78, 5) is 0.279. The molecule has 1 atom stereocenters. The Labute approximate surface area is 129 Å². The maximum Gasteiger partial charge on any atom is 0.240 e. The van der Waals surface area contributed by atoms with E-state index < -0.39 is 10.0 Å². The molecule has 0 radical (unpaired) electrons. The Morgan fingerprint density at radius 1 is 1.30 bits per heavy atom. The molecule has 4 nitrogen and oxygen atoms in total. The average Bonchev–Trinajstić information content (AvgIpc) is 2.46. The van der Waals surface area contributed by atoms with E-state index in [1.165, 1.54) is 19.3 Å². The van der Waals surface area contributed by atoms with Gasteiger partial charge < -0.3 is 5.73 Å². The van der Waals surface area contributed by atoms with Crippen LogP contribution in [0.3, 0.4) is 0 Å². The van der Waals surface area contributed by atoms with Gasteiger partial charge in [-0.2, -0.15) is 0 Å². The molecule has 1 aliphatic carbocycles. The molecule has 2 rings (SSSR count). The summed E-state index contributed by atoms with van der Waals surface area (Å²) < 4.78 is 28.4. The van der Waals surface area contributed by atoms with Crippen molar-refractivity contribution in [2.24, 2.45) is 11.7 Å². The Bertz CT molecular complexity index is 542. The summed E-state index contributed by atoms with van der Waals surface area (Å²) in [5, 5.41) is 0. The van der Waals surface area contributed by atoms with Gasteiger partial charge in [-0.1, -0.05) is 41.3 Å². The van der Waals surface area contributed by atoms with Crippen molar-refractivity contribution in [1.82, 2.24) is 4.72 Å². The van der Waals surface area contributed by atoms with Crippen molar-refractivity contribution < 1.29 is 8.42 Å². The molecule has 3 N–H and O–H groups in total. The summed E-state index contributed by atoms with van der Waals surface area (Å²) in [7, 11) is -3.50. The van der Waals surface area contributed by atoms with Crippen molar-refractivity contribution in [3.63, 3.8) is 0 Å². The van der Waals surface area contributed by atoms with Crippen LogP contribution in [0.5, 0.6) is 0 Å². The van der Waals surface area contributed by atoms with Crippen molar-refractivity contribution in [2.75, 3.05) is 6.54 Å². The Kier molecular flexibility index (Phi) is 5.60.